The molecule has 82 valence electrons. The van der Waals surface area contributed by atoms with Crippen molar-refractivity contribution in [3.63, 3.8) is 0 Å². The molecule has 0 saturated carbocycles. The molecule has 0 aliphatic heterocycles. The van der Waals surface area contributed by atoms with Gasteiger partial charge < -0.3 is 5.32 Å². The van der Waals surface area contributed by atoms with Crippen LogP contribution in [0.15, 0.2) is 12.1 Å². The van der Waals surface area contributed by atoms with Gasteiger partial charge in [0.1, 0.15) is 0 Å². The highest BCUT2D eigenvalue weighted by molar-refractivity contribution is 5.90. The number of amides is 1. The van der Waals surface area contributed by atoms with E-state index < -0.39 is 11.9 Å². The van der Waals surface area contributed by atoms with Gasteiger partial charge >= 0.3 is 0 Å². The number of hydrogen-bond acceptors (Lipinski definition) is 2. The summed E-state index contributed by atoms with van der Waals surface area (Å²) in [6.45, 7) is 1.95. The van der Waals surface area contributed by atoms with Gasteiger partial charge in [-0.3, -0.25) is 4.79 Å². The Balaban J connectivity index is 2.60. The standard InChI is InChI=1S/C10H12F2N2O/c1-2-3-4-9(15)13-7-5-6-8(11)14-10(7)12/h5-6H,2-4H2,1H3,(H,13,15). The van der Waals surface area contributed by atoms with Crippen LogP contribution in [0.3, 0.4) is 0 Å². The zero-order valence-electron chi connectivity index (χ0n) is 8.39. The van der Waals surface area contributed by atoms with Crippen molar-refractivity contribution in [3.05, 3.63) is 24.0 Å². The van der Waals surface area contributed by atoms with Gasteiger partial charge in [-0.1, -0.05) is 13.3 Å². The van der Waals surface area contributed by atoms with E-state index in [1.165, 1.54) is 0 Å². The molecule has 0 bridgehead atoms. The summed E-state index contributed by atoms with van der Waals surface area (Å²) in [5.41, 5.74) is -0.0856. The highest BCUT2D eigenvalue weighted by atomic mass is 19.1. The van der Waals surface area contributed by atoms with Gasteiger partial charge in [0.25, 0.3) is 0 Å². The van der Waals surface area contributed by atoms with Crippen LogP contribution in [0.2, 0.25) is 0 Å². The van der Waals surface area contributed by atoms with Crippen molar-refractivity contribution in [3.8, 4) is 0 Å². The largest absolute Gasteiger partial charge is 0.322 e. The van der Waals surface area contributed by atoms with Crippen molar-refractivity contribution in [2.24, 2.45) is 0 Å². The lowest BCUT2D eigenvalue weighted by Gasteiger charge is -2.04. The lowest BCUT2D eigenvalue weighted by Crippen LogP contribution is -2.12. The van der Waals surface area contributed by atoms with Gasteiger partial charge in [-0.15, -0.1) is 0 Å². The number of nitrogens with one attached hydrogen (secondary N) is 1. The number of carbonyl (C=O) groups is 1. The summed E-state index contributed by atoms with van der Waals surface area (Å²) in [7, 11) is 0. The summed E-state index contributed by atoms with van der Waals surface area (Å²) in [4.78, 5) is 14.2. The molecule has 1 rings (SSSR count). The second kappa shape index (κ2) is 5.38. The van der Waals surface area contributed by atoms with Crippen LogP contribution in [-0.2, 0) is 4.79 Å². The molecule has 1 amide bonds. The predicted octanol–water partition coefficient (Wildman–Crippen LogP) is 2.49. The number of carbonyl (C=O) groups excluding carboxylic acids is 1. The van der Waals surface area contributed by atoms with E-state index in [0.29, 0.717) is 6.42 Å². The number of anilines is 1. The fourth-order valence-corrected chi connectivity index (χ4v) is 1.06. The minimum atomic E-state index is -1.00. The molecular weight excluding hydrogens is 202 g/mol. The molecule has 0 spiro atoms. The lowest BCUT2D eigenvalue weighted by atomic mass is 10.2. The average Bonchev–Trinajstić information content (AvgIpc) is 2.19. The molecule has 0 saturated heterocycles. The monoisotopic (exact) mass is 214 g/mol. The fourth-order valence-electron chi connectivity index (χ4n) is 1.06. The molecule has 1 aromatic heterocycles. The Bertz CT molecular complexity index is 355. The summed E-state index contributed by atoms with van der Waals surface area (Å²) in [6.07, 6.45) is 1.95. The zero-order valence-corrected chi connectivity index (χ0v) is 8.39. The Labute approximate surface area is 86.5 Å². The Morgan fingerprint density at radius 2 is 2.20 bits per heavy atom. The Kier molecular flexibility index (Phi) is 4.15. The molecule has 1 heterocycles. The van der Waals surface area contributed by atoms with E-state index in [1.54, 1.807) is 0 Å². The number of pyridine rings is 1. The molecule has 5 heteroatoms. The Morgan fingerprint density at radius 1 is 1.47 bits per heavy atom. The number of unbranched alkanes of at least 4 members (excludes halogenated alkanes) is 1. The predicted molar refractivity (Wildman–Crippen MR) is 52.3 cm³/mol. The van der Waals surface area contributed by atoms with Crippen molar-refractivity contribution in [2.75, 3.05) is 5.32 Å². The maximum Gasteiger partial charge on any atom is 0.239 e. The molecule has 0 radical (unpaired) electrons. The van der Waals surface area contributed by atoms with Gasteiger partial charge in [0.15, 0.2) is 0 Å². The third-order valence-electron chi connectivity index (χ3n) is 1.85. The molecule has 3 nitrogen and oxygen atoms in total. The minimum Gasteiger partial charge on any atom is -0.322 e. The van der Waals surface area contributed by atoms with Crippen LogP contribution in [0.1, 0.15) is 26.2 Å². The molecule has 0 aliphatic carbocycles. The van der Waals surface area contributed by atoms with Gasteiger partial charge in [-0.25, -0.2) is 0 Å². The van der Waals surface area contributed by atoms with E-state index in [4.69, 9.17) is 0 Å². The van der Waals surface area contributed by atoms with Crippen molar-refractivity contribution in [2.45, 2.75) is 26.2 Å². The van der Waals surface area contributed by atoms with Gasteiger partial charge in [-0.05, 0) is 18.6 Å². The molecule has 1 N–H and O–H groups in total. The summed E-state index contributed by atoms with van der Waals surface area (Å²) in [6, 6.07) is 2.15. The van der Waals surface area contributed by atoms with Crippen molar-refractivity contribution in [1.82, 2.24) is 4.98 Å². The third-order valence-corrected chi connectivity index (χ3v) is 1.85. The van der Waals surface area contributed by atoms with Crippen LogP contribution in [0, 0.1) is 11.9 Å². The summed E-state index contributed by atoms with van der Waals surface area (Å²) >= 11 is 0. The van der Waals surface area contributed by atoms with Crippen molar-refractivity contribution >= 4 is 11.6 Å². The Morgan fingerprint density at radius 3 is 2.80 bits per heavy atom. The topological polar surface area (TPSA) is 42.0 Å². The quantitative estimate of drug-likeness (QED) is 0.782. The van der Waals surface area contributed by atoms with E-state index in [1.807, 2.05) is 6.92 Å². The van der Waals surface area contributed by atoms with Crippen molar-refractivity contribution in [1.29, 1.82) is 0 Å². The molecule has 0 aliphatic rings. The molecule has 0 aromatic carbocycles. The van der Waals surface area contributed by atoms with Gasteiger partial charge in [0.2, 0.25) is 17.8 Å². The Hall–Kier alpha value is -1.52. The minimum absolute atomic E-state index is 0.0856. The first kappa shape index (κ1) is 11.6. The van der Waals surface area contributed by atoms with E-state index in [2.05, 4.69) is 10.3 Å². The van der Waals surface area contributed by atoms with Crippen LogP contribution in [0.4, 0.5) is 14.5 Å². The first-order valence-corrected chi connectivity index (χ1v) is 4.75. The maximum atomic E-state index is 13.0. The zero-order chi connectivity index (χ0) is 11.3. The van der Waals surface area contributed by atoms with Crippen molar-refractivity contribution < 1.29 is 13.6 Å². The van der Waals surface area contributed by atoms with Gasteiger partial charge in [0, 0.05) is 6.42 Å². The molecular formula is C10H12F2N2O. The number of halogens is 2. The maximum absolute atomic E-state index is 13.0. The van der Waals surface area contributed by atoms with Crippen LogP contribution in [0.5, 0.6) is 0 Å². The summed E-state index contributed by atoms with van der Waals surface area (Å²) in [5.74, 6) is -2.19. The van der Waals surface area contributed by atoms with Gasteiger partial charge in [-0.2, -0.15) is 13.8 Å². The molecule has 15 heavy (non-hydrogen) atoms. The number of hydrogen-bond donors (Lipinski definition) is 1. The van der Waals surface area contributed by atoms with E-state index in [-0.39, 0.29) is 11.6 Å². The normalized spacial score (nSPS) is 10.1. The highest BCUT2D eigenvalue weighted by Crippen LogP contribution is 2.12. The lowest BCUT2D eigenvalue weighted by molar-refractivity contribution is -0.116. The molecule has 0 fully saturated rings. The number of aromatic nitrogens is 1. The number of rotatable bonds is 4. The van der Waals surface area contributed by atoms with Crippen LogP contribution in [-0.4, -0.2) is 10.9 Å². The average molecular weight is 214 g/mol. The summed E-state index contributed by atoms with van der Waals surface area (Å²) < 4.78 is 25.4. The second-order valence-electron chi connectivity index (χ2n) is 3.12. The van der Waals surface area contributed by atoms with Crippen LogP contribution < -0.4 is 5.32 Å². The van der Waals surface area contributed by atoms with Gasteiger partial charge in [0.05, 0.1) is 5.69 Å². The smallest absolute Gasteiger partial charge is 0.239 e. The van der Waals surface area contributed by atoms with Crippen LogP contribution >= 0.6 is 0 Å². The van der Waals surface area contributed by atoms with E-state index in [9.17, 15) is 13.6 Å². The van der Waals surface area contributed by atoms with E-state index >= 15 is 0 Å². The molecule has 1 aromatic rings. The fraction of sp³-hybridized carbons (Fsp3) is 0.400. The van der Waals surface area contributed by atoms with Crippen LogP contribution in [0.25, 0.3) is 0 Å². The molecule has 0 unspecified atom stereocenters. The molecule has 0 atom stereocenters. The SMILES string of the molecule is CCCCC(=O)Nc1ccc(F)nc1F. The van der Waals surface area contributed by atoms with E-state index in [0.717, 1.165) is 25.0 Å². The first-order chi connectivity index (χ1) is 7.13. The first-order valence-electron chi connectivity index (χ1n) is 4.75. The third kappa shape index (κ3) is 3.61. The number of nitrogens with zero attached hydrogens (tertiary/aromatic N) is 1. The highest BCUT2D eigenvalue weighted by Gasteiger charge is 2.08. The second-order valence-corrected chi connectivity index (χ2v) is 3.12. The summed E-state index contributed by atoms with van der Waals surface area (Å²) in [5, 5.41) is 2.33.